The largest absolute Gasteiger partial charge is 0.480 e. The van der Waals surface area contributed by atoms with Gasteiger partial charge in [0.1, 0.15) is 6.04 Å². The van der Waals surface area contributed by atoms with Crippen LogP contribution >= 0.6 is 0 Å². The van der Waals surface area contributed by atoms with Crippen molar-refractivity contribution < 1.29 is 19.4 Å². The van der Waals surface area contributed by atoms with Crippen LogP contribution in [-0.2, 0) is 9.53 Å². The molecule has 0 aliphatic carbocycles. The number of carbonyl (C=O) groups is 2. The van der Waals surface area contributed by atoms with Crippen LogP contribution in [-0.4, -0.2) is 42.9 Å². The molecule has 0 aliphatic heterocycles. The van der Waals surface area contributed by atoms with Crippen LogP contribution in [0.3, 0.4) is 0 Å². The van der Waals surface area contributed by atoms with E-state index in [0.29, 0.717) is 13.0 Å². The fraction of sp³-hybridized carbons (Fsp3) is 0.846. The Kier molecular flexibility index (Phi) is 8.95. The van der Waals surface area contributed by atoms with Crippen LogP contribution in [0.15, 0.2) is 0 Å². The minimum Gasteiger partial charge on any atom is -0.480 e. The van der Waals surface area contributed by atoms with Crippen molar-refractivity contribution in [3.05, 3.63) is 0 Å². The van der Waals surface area contributed by atoms with Crippen LogP contribution < -0.4 is 10.6 Å². The predicted octanol–water partition coefficient (Wildman–Crippen LogP) is 1.60. The van der Waals surface area contributed by atoms with Gasteiger partial charge in [0.25, 0.3) is 0 Å². The second kappa shape index (κ2) is 9.61. The zero-order chi connectivity index (χ0) is 14.8. The van der Waals surface area contributed by atoms with Crippen molar-refractivity contribution in [1.29, 1.82) is 0 Å². The molecule has 0 bridgehead atoms. The number of nitrogens with one attached hydrogen (secondary N) is 2. The maximum Gasteiger partial charge on any atom is 0.326 e. The molecule has 3 N–H and O–H groups in total. The number of aliphatic carboxylic acids is 1. The van der Waals surface area contributed by atoms with Crippen LogP contribution in [0, 0.1) is 5.92 Å². The third kappa shape index (κ3) is 7.00. The lowest BCUT2D eigenvalue weighted by molar-refractivity contribution is -0.140. The number of hydrogen-bond acceptors (Lipinski definition) is 3. The van der Waals surface area contributed by atoms with Crippen molar-refractivity contribution in [3.8, 4) is 0 Å². The van der Waals surface area contributed by atoms with Gasteiger partial charge in [0, 0.05) is 7.11 Å². The molecule has 0 aliphatic rings. The first kappa shape index (κ1) is 17.7. The number of carbonyl (C=O) groups excluding carboxylic acids is 1. The molecule has 0 rings (SSSR count). The first-order valence-corrected chi connectivity index (χ1v) is 6.74. The maximum absolute atomic E-state index is 11.8. The molecule has 6 nitrogen and oxygen atoms in total. The van der Waals surface area contributed by atoms with E-state index in [1.807, 2.05) is 13.8 Å². The van der Waals surface area contributed by atoms with E-state index < -0.39 is 18.0 Å². The third-order valence-corrected chi connectivity index (χ3v) is 3.11. The van der Waals surface area contributed by atoms with Gasteiger partial charge in [0.05, 0.1) is 12.6 Å². The molecule has 0 heterocycles. The molecule has 0 saturated heterocycles. The topological polar surface area (TPSA) is 87.7 Å². The lowest BCUT2D eigenvalue weighted by Crippen LogP contribution is -2.52. The zero-order valence-electron chi connectivity index (χ0n) is 12.2. The average Bonchev–Trinajstić information content (AvgIpc) is 2.35. The molecule has 0 saturated carbocycles. The summed E-state index contributed by atoms with van der Waals surface area (Å²) in [5.74, 6) is -1.13. The van der Waals surface area contributed by atoms with Crippen molar-refractivity contribution >= 4 is 12.0 Å². The summed E-state index contributed by atoms with van der Waals surface area (Å²) < 4.78 is 5.02. The Morgan fingerprint density at radius 2 is 1.89 bits per heavy atom. The zero-order valence-corrected chi connectivity index (χ0v) is 12.2. The molecule has 0 radical (unpaired) electrons. The van der Waals surface area contributed by atoms with Crippen molar-refractivity contribution in [2.24, 2.45) is 5.92 Å². The quantitative estimate of drug-likeness (QED) is 0.596. The summed E-state index contributed by atoms with van der Waals surface area (Å²) in [6.07, 6.45) is 2.40. The summed E-state index contributed by atoms with van der Waals surface area (Å²) in [5, 5.41) is 14.4. The van der Waals surface area contributed by atoms with Crippen molar-refractivity contribution in [2.75, 3.05) is 13.7 Å². The van der Waals surface area contributed by atoms with Gasteiger partial charge in [-0.2, -0.15) is 0 Å². The number of carboxylic acids is 1. The van der Waals surface area contributed by atoms with Crippen LogP contribution in [0.4, 0.5) is 4.79 Å². The number of rotatable bonds is 9. The molecular formula is C13H26N2O4. The van der Waals surface area contributed by atoms with Gasteiger partial charge >= 0.3 is 12.0 Å². The lowest BCUT2D eigenvalue weighted by atomic mass is 9.99. The molecule has 0 spiro atoms. The first-order chi connectivity index (χ1) is 8.96. The second-order valence-electron chi connectivity index (χ2n) is 4.76. The van der Waals surface area contributed by atoms with Gasteiger partial charge in [0.2, 0.25) is 0 Å². The maximum atomic E-state index is 11.8. The normalized spacial score (nSPS) is 15.4. The Morgan fingerprint density at radius 1 is 1.26 bits per heavy atom. The minimum absolute atomic E-state index is 0.0959. The van der Waals surface area contributed by atoms with Gasteiger partial charge in [-0.3, -0.25) is 0 Å². The van der Waals surface area contributed by atoms with E-state index in [1.54, 1.807) is 14.0 Å². The Bertz CT molecular complexity index is 278. The SMILES string of the molecule is CCCC(COC)NC(=O)NC(C(=O)O)C(C)CC. The Morgan fingerprint density at radius 3 is 2.32 bits per heavy atom. The Hall–Kier alpha value is -1.30. The van der Waals surface area contributed by atoms with Gasteiger partial charge in [0.15, 0.2) is 0 Å². The summed E-state index contributed by atoms with van der Waals surface area (Å²) in [6.45, 7) is 6.13. The van der Waals surface area contributed by atoms with E-state index in [0.717, 1.165) is 12.8 Å². The molecule has 6 heteroatoms. The number of carboxylic acid groups (broad SMARTS) is 1. The Labute approximate surface area is 114 Å². The van der Waals surface area contributed by atoms with E-state index >= 15 is 0 Å². The summed E-state index contributed by atoms with van der Waals surface area (Å²) in [5.41, 5.74) is 0. The monoisotopic (exact) mass is 274 g/mol. The van der Waals surface area contributed by atoms with Crippen molar-refractivity contribution in [1.82, 2.24) is 10.6 Å². The molecule has 2 amide bonds. The van der Waals surface area contributed by atoms with Crippen molar-refractivity contribution in [2.45, 2.75) is 52.1 Å². The van der Waals surface area contributed by atoms with E-state index in [1.165, 1.54) is 0 Å². The van der Waals surface area contributed by atoms with Gasteiger partial charge < -0.3 is 20.5 Å². The molecule has 19 heavy (non-hydrogen) atoms. The molecule has 0 aromatic carbocycles. The van der Waals surface area contributed by atoms with Crippen LogP contribution in [0.5, 0.6) is 0 Å². The molecule has 0 aromatic rings. The predicted molar refractivity (Wildman–Crippen MR) is 73.1 cm³/mol. The van der Waals surface area contributed by atoms with Crippen LogP contribution in [0.25, 0.3) is 0 Å². The Balaban J connectivity index is 4.42. The highest BCUT2D eigenvalue weighted by molar-refractivity contribution is 5.82. The average molecular weight is 274 g/mol. The number of hydrogen-bond donors (Lipinski definition) is 3. The molecule has 0 fully saturated rings. The van der Waals surface area contributed by atoms with Crippen LogP contribution in [0.1, 0.15) is 40.0 Å². The highest BCUT2D eigenvalue weighted by Crippen LogP contribution is 2.08. The summed E-state index contributed by atoms with van der Waals surface area (Å²) >= 11 is 0. The lowest BCUT2D eigenvalue weighted by Gasteiger charge is -2.23. The number of methoxy groups -OCH3 is 1. The van der Waals surface area contributed by atoms with Crippen molar-refractivity contribution in [3.63, 3.8) is 0 Å². The second-order valence-corrected chi connectivity index (χ2v) is 4.76. The van der Waals surface area contributed by atoms with Gasteiger partial charge in [-0.05, 0) is 12.3 Å². The highest BCUT2D eigenvalue weighted by atomic mass is 16.5. The van der Waals surface area contributed by atoms with E-state index in [-0.39, 0.29) is 12.0 Å². The smallest absolute Gasteiger partial charge is 0.326 e. The van der Waals surface area contributed by atoms with Gasteiger partial charge in [-0.25, -0.2) is 9.59 Å². The molecular weight excluding hydrogens is 248 g/mol. The molecule has 0 aromatic heterocycles. The molecule has 112 valence electrons. The minimum atomic E-state index is -1.01. The summed E-state index contributed by atoms with van der Waals surface area (Å²) in [6, 6.07) is -1.42. The van der Waals surface area contributed by atoms with E-state index in [2.05, 4.69) is 10.6 Å². The number of ether oxygens (including phenoxy) is 1. The number of urea groups is 1. The standard InChI is InChI=1S/C13H26N2O4/c1-5-7-10(8-19-4)14-13(18)15-11(12(16)17)9(3)6-2/h9-11H,5-8H2,1-4H3,(H,16,17)(H2,14,15,18). The van der Waals surface area contributed by atoms with Gasteiger partial charge in [-0.15, -0.1) is 0 Å². The highest BCUT2D eigenvalue weighted by Gasteiger charge is 2.25. The molecule has 3 unspecified atom stereocenters. The van der Waals surface area contributed by atoms with Crippen LogP contribution in [0.2, 0.25) is 0 Å². The number of amides is 2. The fourth-order valence-corrected chi connectivity index (χ4v) is 1.80. The summed E-state index contributed by atoms with van der Waals surface area (Å²) in [4.78, 5) is 22.9. The molecule has 3 atom stereocenters. The van der Waals surface area contributed by atoms with E-state index in [9.17, 15) is 9.59 Å². The van der Waals surface area contributed by atoms with E-state index in [4.69, 9.17) is 9.84 Å². The first-order valence-electron chi connectivity index (χ1n) is 6.74. The van der Waals surface area contributed by atoms with Gasteiger partial charge in [-0.1, -0.05) is 33.6 Å². The summed E-state index contributed by atoms with van der Waals surface area (Å²) in [7, 11) is 1.57. The third-order valence-electron chi connectivity index (χ3n) is 3.11. The fourth-order valence-electron chi connectivity index (χ4n) is 1.80.